The normalized spacial score (nSPS) is 43.2. The van der Waals surface area contributed by atoms with Crippen molar-refractivity contribution in [2.75, 3.05) is 0 Å². The molecule has 0 N–H and O–H groups in total. The van der Waals surface area contributed by atoms with Gasteiger partial charge in [0.05, 0.1) is 0 Å². The van der Waals surface area contributed by atoms with E-state index in [2.05, 4.69) is 32.9 Å². The predicted molar refractivity (Wildman–Crippen MR) is 41.2 cm³/mol. The molecule has 0 saturated carbocycles. The molecule has 52 valence electrons. The fourth-order valence-corrected chi connectivity index (χ4v) is 1.43. The Morgan fingerprint density at radius 1 is 1.11 bits per heavy atom. The van der Waals surface area contributed by atoms with Crippen LogP contribution in [-0.4, -0.2) is 0 Å². The summed E-state index contributed by atoms with van der Waals surface area (Å²) in [5.41, 5.74) is 0. The number of hydrogen-bond acceptors (Lipinski definition) is 0. The van der Waals surface area contributed by atoms with Crippen molar-refractivity contribution in [1.29, 1.82) is 0 Å². The first-order valence-corrected chi connectivity index (χ1v) is 3.88. The summed E-state index contributed by atoms with van der Waals surface area (Å²) < 4.78 is 0. The summed E-state index contributed by atoms with van der Waals surface area (Å²) in [6, 6.07) is 0. The van der Waals surface area contributed by atoms with E-state index >= 15 is 0 Å². The van der Waals surface area contributed by atoms with E-state index in [-0.39, 0.29) is 0 Å². The molecule has 1 aliphatic rings. The van der Waals surface area contributed by atoms with Crippen LogP contribution < -0.4 is 0 Å². The maximum atomic E-state index is 2.35. The summed E-state index contributed by atoms with van der Waals surface area (Å²) in [5, 5.41) is 0. The monoisotopic (exact) mass is 124 g/mol. The van der Waals surface area contributed by atoms with Crippen LogP contribution in [0.25, 0.3) is 0 Å². The first-order valence-electron chi connectivity index (χ1n) is 3.88. The zero-order chi connectivity index (χ0) is 6.85. The molecule has 0 amide bonds. The van der Waals surface area contributed by atoms with Crippen LogP contribution in [0.4, 0.5) is 0 Å². The molecule has 0 radical (unpaired) electrons. The molecule has 1 rings (SSSR count). The number of hydrogen-bond donors (Lipinski definition) is 0. The van der Waals surface area contributed by atoms with Crippen LogP contribution in [0.1, 0.15) is 27.2 Å². The highest BCUT2D eigenvalue weighted by Gasteiger charge is 2.15. The van der Waals surface area contributed by atoms with E-state index in [1.807, 2.05) is 0 Å². The maximum absolute atomic E-state index is 2.35. The lowest BCUT2D eigenvalue weighted by atomic mass is 9.82. The molecule has 0 heterocycles. The zero-order valence-electron chi connectivity index (χ0n) is 6.59. The third-order valence-electron chi connectivity index (χ3n) is 2.38. The molecular weight excluding hydrogens is 108 g/mol. The summed E-state index contributed by atoms with van der Waals surface area (Å²) in [4.78, 5) is 0. The second kappa shape index (κ2) is 2.55. The first-order chi connectivity index (χ1) is 4.20. The molecule has 0 nitrogen and oxygen atoms in total. The Morgan fingerprint density at radius 2 is 1.78 bits per heavy atom. The standard InChI is InChI=1S/C9H16/c1-7-4-5-8(2)9(3)6-7/h4-5,7-9H,6H2,1-3H3/t7-,8-,9+/m1/s1. The lowest BCUT2D eigenvalue weighted by Crippen LogP contribution is -2.13. The average Bonchev–Trinajstić information content (AvgIpc) is 1.80. The number of rotatable bonds is 0. The van der Waals surface area contributed by atoms with Crippen LogP contribution in [0.3, 0.4) is 0 Å². The van der Waals surface area contributed by atoms with Crippen LogP contribution in [0.5, 0.6) is 0 Å². The van der Waals surface area contributed by atoms with Crippen molar-refractivity contribution < 1.29 is 0 Å². The van der Waals surface area contributed by atoms with E-state index < -0.39 is 0 Å². The SMILES string of the molecule is C[C@@H]1C=C[C@@H](C)[C@@H](C)C1. The fourth-order valence-electron chi connectivity index (χ4n) is 1.43. The van der Waals surface area contributed by atoms with Gasteiger partial charge in [0.25, 0.3) is 0 Å². The third kappa shape index (κ3) is 1.57. The van der Waals surface area contributed by atoms with Crippen molar-refractivity contribution in [3.63, 3.8) is 0 Å². The van der Waals surface area contributed by atoms with Gasteiger partial charge in [0.2, 0.25) is 0 Å². The Kier molecular flexibility index (Phi) is 1.94. The van der Waals surface area contributed by atoms with Crippen molar-refractivity contribution in [3.05, 3.63) is 12.2 Å². The van der Waals surface area contributed by atoms with Crippen LogP contribution in [0.2, 0.25) is 0 Å². The van der Waals surface area contributed by atoms with Crippen molar-refractivity contribution in [1.82, 2.24) is 0 Å². The van der Waals surface area contributed by atoms with Gasteiger partial charge in [-0.05, 0) is 24.2 Å². The van der Waals surface area contributed by atoms with E-state index in [1.165, 1.54) is 6.42 Å². The van der Waals surface area contributed by atoms with Gasteiger partial charge in [-0.1, -0.05) is 32.9 Å². The minimum atomic E-state index is 0.807. The molecule has 9 heavy (non-hydrogen) atoms. The minimum absolute atomic E-state index is 0.807. The first kappa shape index (κ1) is 6.85. The van der Waals surface area contributed by atoms with Gasteiger partial charge in [-0.25, -0.2) is 0 Å². The minimum Gasteiger partial charge on any atom is -0.0854 e. The van der Waals surface area contributed by atoms with Crippen LogP contribution >= 0.6 is 0 Å². The quantitative estimate of drug-likeness (QED) is 0.435. The second-order valence-corrected chi connectivity index (χ2v) is 3.43. The van der Waals surface area contributed by atoms with Crippen molar-refractivity contribution >= 4 is 0 Å². The topological polar surface area (TPSA) is 0 Å². The highest BCUT2D eigenvalue weighted by Crippen LogP contribution is 2.26. The summed E-state index contributed by atoms with van der Waals surface area (Å²) >= 11 is 0. The zero-order valence-corrected chi connectivity index (χ0v) is 6.59. The van der Waals surface area contributed by atoms with Crippen LogP contribution in [0, 0.1) is 17.8 Å². The van der Waals surface area contributed by atoms with Gasteiger partial charge < -0.3 is 0 Å². The molecule has 0 bridgehead atoms. The van der Waals surface area contributed by atoms with Gasteiger partial charge >= 0.3 is 0 Å². The molecule has 0 aromatic rings. The smallest absolute Gasteiger partial charge is 0.0236 e. The van der Waals surface area contributed by atoms with Gasteiger partial charge in [-0.15, -0.1) is 0 Å². The fraction of sp³-hybridized carbons (Fsp3) is 0.778. The van der Waals surface area contributed by atoms with Gasteiger partial charge in [0.1, 0.15) is 0 Å². The van der Waals surface area contributed by atoms with Crippen LogP contribution in [-0.2, 0) is 0 Å². The molecule has 3 atom stereocenters. The predicted octanol–water partition coefficient (Wildman–Crippen LogP) is 2.85. The maximum Gasteiger partial charge on any atom is -0.0236 e. The third-order valence-corrected chi connectivity index (χ3v) is 2.38. The van der Waals surface area contributed by atoms with E-state index in [0.717, 1.165) is 17.8 Å². The van der Waals surface area contributed by atoms with E-state index in [9.17, 15) is 0 Å². The Bertz CT molecular complexity index is 113. The van der Waals surface area contributed by atoms with Gasteiger partial charge in [0.15, 0.2) is 0 Å². The average molecular weight is 124 g/mol. The largest absolute Gasteiger partial charge is 0.0854 e. The molecule has 0 unspecified atom stereocenters. The Morgan fingerprint density at radius 3 is 2.22 bits per heavy atom. The second-order valence-electron chi connectivity index (χ2n) is 3.43. The van der Waals surface area contributed by atoms with Gasteiger partial charge in [0, 0.05) is 0 Å². The van der Waals surface area contributed by atoms with Crippen molar-refractivity contribution in [2.45, 2.75) is 27.2 Å². The Balaban J connectivity index is 2.54. The molecule has 0 heteroatoms. The Hall–Kier alpha value is -0.260. The lowest BCUT2D eigenvalue weighted by Gasteiger charge is -2.24. The lowest BCUT2D eigenvalue weighted by molar-refractivity contribution is 0.364. The Labute approximate surface area is 58.0 Å². The number of allylic oxidation sites excluding steroid dienone is 2. The van der Waals surface area contributed by atoms with Crippen LogP contribution in [0.15, 0.2) is 12.2 Å². The summed E-state index contributed by atoms with van der Waals surface area (Å²) in [6.07, 6.45) is 6.06. The molecule has 0 saturated heterocycles. The van der Waals surface area contributed by atoms with Crippen molar-refractivity contribution in [3.8, 4) is 0 Å². The molecular formula is C9H16. The molecule has 0 aliphatic heterocycles. The van der Waals surface area contributed by atoms with E-state index in [0.29, 0.717) is 0 Å². The van der Waals surface area contributed by atoms with E-state index in [1.54, 1.807) is 0 Å². The van der Waals surface area contributed by atoms with Gasteiger partial charge in [-0.3, -0.25) is 0 Å². The summed E-state index contributed by atoms with van der Waals surface area (Å²) in [6.45, 7) is 6.93. The van der Waals surface area contributed by atoms with Gasteiger partial charge in [-0.2, -0.15) is 0 Å². The highest BCUT2D eigenvalue weighted by molar-refractivity contribution is 4.97. The van der Waals surface area contributed by atoms with E-state index in [4.69, 9.17) is 0 Å². The van der Waals surface area contributed by atoms with Crippen molar-refractivity contribution in [2.24, 2.45) is 17.8 Å². The molecule has 0 aromatic heterocycles. The molecule has 0 fully saturated rings. The summed E-state index contributed by atoms with van der Waals surface area (Å²) in [5.74, 6) is 2.52. The molecule has 0 spiro atoms. The molecule has 0 aromatic carbocycles. The highest BCUT2D eigenvalue weighted by atomic mass is 14.2. The summed E-state index contributed by atoms with van der Waals surface area (Å²) in [7, 11) is 0. The molecule has 1 aliphatic carbocycles.